The largest absolute Gasteiger partial charge is 0.335 e. The maximum absolute atomic E-state index is 4.69. The zero-order valence-corrected chi connectivity index (χ0v) is 11.6. The highest BCUT2D eigenvalue weighted by atomic mass is 32.2. The third kappa shape index (κ3) is 3.25. The van der Waals surface area contributed by atoms with Gasteiger partial charge in [-0.05, 0) is 30.0 Å². The molecule has 0 amide bonds. The second kappa shape index (κ2) is 5.58. The molecule has 3 heteroatoms. The molecule has 0 spiro atoms. The Morgan fingerprint density at radius 1 is 1.35 bits per heavy atom. The molecule has 0 aromatic heterocycles. The molecule has 1 aromatic carbocycles. The number of benzene rings is 1. The lowest BCUT2D eigenvalue weighted by molar-refractivity contribution is 0.543. The van der Waals surface area contributed by atoms with Crippen LogP contribution in [0.1, 0.15) is 26.3 Å². The number of nitrogens with zero attached hydrogens (tertiary/aromatic N) is 1. The van der Waals surface area contributed by atoms with Gasteiger partial charge < -0.3 is 5.32 Å². The van der Waals surface area contributed by atoms with Crippen LogP contribution >= 0.6 is 11.8 Å². The van der Waals surface area contributed by atoms with Crippen LogP contribution in [0.25, 0.3) is 0 Å². The van der Waals surface area contributed by atoms with E-state index in [0.29, 0.717) is 12.0 Å². The molecular weight excluding hydrogens is 228 g/mol. The second-order valence-electron chi connectivity index (χ2n) is 4.73. The number of aryl methyl sites for hydroxylation is 1. The minimum absolute atomic E-state index is 0.470. The Morgan fingerprint density at radius 3 is 2.59 bits per heavy atom. The van der Waals surface area contributed by atoms with Crippen LogP contribution in [0, 0.1) is 5.92 Å². The van der Waals surface area contributed by atoms with Gasteiger partial charge in [-0.25, -0.2) is 0 Å². The highest BCUT2D eigenvalue weighted by molar-refractivity contribution is 8.14. The standard InChI is InChI=1S/C14H20N2S/c1-4-11-5-7-12(8-6-11)15-14-16-13(9-17-14)10(2)3/h5-8,10,13H,4,9H2,1-3H3,(H,15,16)/t13-/m1/s1. The Kier molecular flexibility index (Phi) is 4.11. The molecule has 0 unspecified atom stereocenters. The van der Waals surface area contributed by atoms with Gasteiger partial charge in [-0.2, -0.15) is 0 Å². The van der Waals surface area contributed by atoms with Crippen LogP contribution in [0.4, 0.5) is 5.69 Å². The zero-order chi connectivity index (χ0) is 12.3. The molecule has 0 saturated carbocycles. The van der Waals surface area contributed by atoms with E-state index in [2.05, 4.69) is 50.4 Å². The summed E-state index contributed by atoms with van der Waals surface area (Å²) in [5.74, 6) is 1.73. The molecule has 1 atom stereocenters. The van der Waals surface area contributed by atoms with E-state index in [-0.39, 0.29) is 0 Å². The molecule has 2 rings (SSSR count). The predicted molar refractivity (Wildman–Crippen MR) is 78.0 cm³/mol. The monoisotopic (exact) mass is 248 g/mol. The van der Waals surface area contributed by atoms with Crippen LogP contribution in [0.3, 0.4) is 0 Å². The Labute approximate surface area is 108 Å². The summed E-state index contributed by atoms with van der Waals surface area (Å²) in [6, 6.07) is 9.07. The minimum Gasteiger partial charge on any atom is -0.335 e. The zero-order valence-electron chi connectivity index (χ0n) is 10.7. The third-order valence-electron chi connectivity index (χ3n) is 3.06. The maximum atomic E-state index is 4.69. The smallest absolute Gasteiger partial charge is 0.161 e. The first kappa shape index (κ1) is 12.5. The van der Waals surface area contributed by atoms with Crippen molar-refractivity contribution in [1.82, 2.24) is 0 Å². The van der Waals surface area contributed by atoms with Gasteiger partial charge >= 0.3 is 0 Å². The fourth-order valence-electron chi connectivity index (χ4n) is 1.75. The van der Waals surface area contributed by atoms with Crippen LogP contribution < -0.4 is 5.32 Å². The van der Waals surface area contributed by atoms with Crippen molar-refractivity contribution >= 4 is 22.6 Å². The lowest BCUT2D eigenvalue weighted by Crippen LogP contribution is -2.12. The summed E-state index contributed by atoms with van der Waals surface area (Å²) in [4.78, 5) is 4.69. The fourth-order valence-corrected chi connectivity index (χ4v) is 2.93. The van der Waals surface area contributed by atoms with Gasteiger partial charge in [0.25, 0.3) is 0 Å². The molecule has 17 heavy (non-hydrogen) atoms. The normalized spacial score (nSPS) is 19.5. The van der Waals surface area contributed by atoms with E-state index in [1.54, 1.807) is 0 Å². The second-order valence-corrected chi connectivity index (χ2v) is 5.74. The van der Waals surface area contributed by atoms with E-state index in [9.17, 15) is 0 Å². The molecule has 0 fully saturated rings. The molecule has 2 nitrogen and oxygen atoms in total. The summed E-state index contributed by atoms with van der Waals surface area (Å²) >= 11 is 1.82. The third-order valence-corrected chi connectivity index (χ3v) is 4.05. The summed E-state index contributed by atoms with van der Waals surface area (Å²) < 4.78 is 0. The molecule has 1 aliphatic heterocycles. The Bertz CT molecular complexity index is 395. The van der Waals surface area contributed by atoms with Crippen LogP contribution in [-0.2, 0) is 6.42 Å². The summed E-state index contributed by atoms with van der Waals surface area (Å²) in [6.45, 7) is 6.63. The molecule has 1 heterocycles. The van der Waals surface area contributed by atoms with Crippen LogP contribution in [0.15, 0.2) is 29.3 Å². The number of hydrogen-bond donors (Lipinski definition) is 1. The average Bonchev–Trinajstić information content (AvgIpc) is 2.79. The molecule has 92 valence electrons. The van der Waals surface area contributed by atoms with Crippen LogP contribution in [-0.4, -0.2) is 17.0 Å². The van der Waals surface area contributed by atoms with Gasteiger partial charge in [-0.15, -0.1) is 0 Å². The molecule has 1 aliphatic rings. The molecule has 0 radical (unpaired) electrons. The Hall–Kier alpha value is -0.960. The minimum atomic E-state index is 0.470. The number of rotatable bonds is 3. The van der Waals surface area contributed by atoms with Crippen LogP contribution in [0.5, 0.6) is 0 Å². The molecule has 0 bridgehead atoms. The van der Waals surface area contributed by atoms with Gasteiger partial charge in [0.2, 0.25) is 0 Å². The highest BCUT2D eigenvalue weighted by Gasteiger charge is 2.20. The predicted octanol–water partition coefficient (Wildman–Crippen LogP) is 3.79. The van der Waals surface area contributed by atoms with Gasteiger partial charge in [-0.1, -0.05) is 44.7 Å². The van der Waals surface area contributed by atoms with Crippen molar-refractivity contribution in [3.05, 3.63) is 29.8 Å². The summed E-state index contributed by atoms with van der Waals surface area (Å²) in [5.41, 5.74) is 2.51. The molecule has 1 N–H and O–H groups in total. The van der Waals surface area contributed by atoms with E-state index in [1.807, 2.05) is 11.8 Å². The SMILES string of the molecule is CCc1ccc(NC2=N[C@@H](C(C)C)CS2)cc1. The molecule has 0 aliphatic carbocycles. The van der Waals surface area contributed by atoms with Gasteiger partial charge in [0.05, 0.1) is 6.04 Å². The number of thioether (sulfide) groups is 1. The van der Waals surface area contributed by atoms with Gasteiger partial charge in [0.15, 0.2) is 5.17 Å². The summed E-state index contributed by atoms with van der Waals surface area (Å²) in [6.07, 6.45) is 1.09. The lowest BCUT2D eigenvalue weighted by atomic mass is 10.1. The lowest BCUT2D eigenvalue weighted by Gasteiger charge is -2.08. The average molecular weight is 248 g/mol. The van der Waals surface area contributed by atoms with E-state index in [0.717, 1.165) is 23.0 Å². The molecular formula is C14H20N2S. The van der Waals surface area contributed by atoms with Crippen molar-refractivity contribution < 1.29 is 0 Å². The van der Waals surface area contributed by atoms with Crippen molar-refractivity contribution in [1.29, 1.82) is 0 Å². The summed E-state index contributed by atoms with van der Waals surface area (Å²) in [5, 5.41) is 4.45. The van der Waals surface area contributed by atoms with E-state index in [4.69, 9.17) is 4.99 Å². The number of hydrogen-bond acceptors (Lipinski definition) is 3. The van der Waals surface area contributed by atoms with Crippen molar-refractivity contribution in [3.63, 3.8) is 0 Å². The number of nitrogens with one attached hydrogen (secondary N) is 1. The first-order valence-corrected chi connectivity index (χ1v) is 7.24. The number of anilines is 1. The Morgan fingerprint density at radius 2 is 2.06 bits per heavy atom. The molecule has 1 aromatic rings. The molecule has 0 saturated heterocycles. The highest BCUT2D eigenvalue weighted by Crippen LogP contribution is 2.24. The first-order valence-electron chi connectivity index (χ1n) is 6.25. The van der Waals surface area contributed by atoms with Crippen molar-refractivity contribution in [2.45, 2.75) is 33.2 Å². The first-order chi connectivity index (χ1) is 8.19. The van der Waals surface area contributed by atoms with Gasteiger partial charge in [0, 0.05) is 11.4 Å². The van der Waals surface area contributed by atoms with Gasteiger partial charge in [0.1, 0.15) is 0 Å². The Balaban J connectivity index is 1.99. The van der Waals surface area contributed by atoms with Crippen LogP contribution in [0.2, 0.25) is 0 Å². The van der Waals surface area contributed by atoms with E-state index in [1.165, 1.54) is 5.56 Å². The van der Waals surface area contributed by atoms with E-state index < -0.39 is 0 Å². The maximum Gasteiger partial charge on any atom is 0.161 e. The van der Waals surface area contributed by atoms with E-state index >= 15 is 0 Å². The summed E-state index contributed by atoms with van der Waals surface area (Å²) in [7, 11) is 0. The number of amidine groups is 1. The van der Waals surface area contributed by atoms with Crippen molar-refractivity contribution in [3.8, 4) is 0 Å². The quantitative estimate of drug-likeness (QED) is 0.880. The number of aliphatic imine (C=N–C) groups is 1. The van der Waals surface area contributed by atoms with Crippen molar-refractivity contribution in [2.75, 3.05) is 11.1 Å². The van der Waals surface area contributed by atoms with Gasteiger partial charge in [-0.3, -0.25) is 4.99 Å². The fraction of sp³-hybridized carbons (Fsp3) is 0.500. The topological polar surface area (TPSA) is 24.4 Å². The van der Waals surface area contributed by atoms with Crippen molar-refractivity contribution in [2.24, 2.45) is 10.9 Å².